The van der Waals surface area contributed by atoms with Crippen LogP contribution in [0, 0.1) is 11.6 Å². The fourth-order valence-corrected chi connectivity index (χ4v) is 2.68. The normalized spacial score (nSPS) is 17.6. The number of carbonyl (C=O) groups excluding carboxylic acids is 1. The van der Waals surface area contributed by atoms with E-state index in [9.17, 15) is 23.8 Å². The fraction of sp³-hybridized carbons (Fsp3) is 0.562. The molecule has 5 nitrogen and oxygen atoms in total. The van der Waals surface area contributed by atoms with Gasteiger partial charge in [0.2, 0.25) is 5.91 Å². The molecule has 128 valence electrons. The second-order valence-corrected chi connectivity index (χ2v) is 5.99. The molecule has 0 aliphatic carbocycles. The van der Waals surface area contributed by atoms with Crippen LogP contribution >= 0.6 is 0 Å². The highest BCUT2D eigenvalue weighted by Gasteiger charge is 2.23. The van der Waals surface area contributed by atoms with Gasteiger partial charge in [-0.1, -0.05) is 6.07 Å². The van der Waals surface area contributed by atoms with Crippen molar-refractivity contribution in [1.82, 2.24) is 9.80 Å². The molecule has 1 aliphatic rings. The Labute approximate surface area is 134 Å². The summed E-state index contributed by atoms with van der Waals surface area (Å²) in [5.74, 6) is -1.59. The molecule has 0 saturated carbocycles. The van der Waals surface area contributed by atoms with Gasteiger partial charge in [-0.2, -0.15) is 0 Å². The summed E-state index contributed by atoms with van der Waals surface area (Å²) in [5.41, 5.74) is 0.00629. The molecule has 1 heterocycles. The molecular weight excluding hydrogens is 306 g/mol. The molecule has 0 radical (unpaired) electrons. The number of aliphatic hydroxyl groups is 2. The number of hydrogen-bond donors (Lipinski definition) is 2. The number of piperidine rings is 1. The molecule has 1 saturated heterocycles. The topological polar surface area (TPSA) is 64.0 Å². The maximum Gasteiger partial charge on any atom is 0.236 e. The molecule has 0 spiro atoms. The molecule has 0 aromatic heterocycles. The Hall–Kier alpha value is -1.57. The van der Waals surface area contributed by atoms with Gasteiger partial charge in [0.1, 0.15) is 11.6 Å². The lowest BCUT2D eigenvalue weighted by molar-refractivity contribution is -0.134. The summed E-state index contributed by atoms with van der Waals surface area (Å²) in [7, 11) is 1.65. The van der Waals surface area contributed by atoms with Crippen LogP contribution < -0.4 is 0 Å². The Kier molecular flexibility index (Phi) is 6.04. The van der Waals surface area contributed by atoms with E-state index in [4.69, 9.17) is 0 Å². The number of halogens is 2. The lowest BCUT2D eigenvalue weighted by Crippen LogP contribution is -2.45. The van der Waals surface area contributed by atoms with Gasteiger partial charge in [-0.25, -0.2) is 8.78 Å². The predicted molar refractivity (Wildman–Crippen MR) is 80.6 cm³/mol. The minimum atomic E-state index is -1.14. The smallest absolute Gasteiger partial charge is 0.236 e. The zero-order valence-corrected chi connectivity index (χ0v) is 13.1. The first-order valence-corrected chi connectivity index (χ1v) is 7.64. The van der Waals surface area contributed by atoms with Crippen molar-refractivity contribution < 1.29 is 23.8 Å². The summed E-state index contributed by atoms with van der Waals surface area (Å²) >= 11 is 0. The van der Waals surface area contributed by atoms with Gasteiger partial charge < -0.3 is 15.1 Å². The fourth-order valence-electron chi connectivity index (χ4n) is 2.68. The second kappa shape index (κ2) is 7.81. The lowest BCUT2D eigenvalue weighted by Gasteiger charge is -2.31. The standard InChI is InChI=1S/C16H22F2N2O3/c1-19(10-16(23)20-6-4-12(21)5-7-20)9-15(22)13-3-2-11(17)8-14(13)18/h2-3,8,12,15,21-22H,4-7,9-10H2,1H3. The SMILES string of the molecule is CN(CC(=O)N1CCC(O)CC1)CC(O)c1ccc(F)cc1F. The molecule has 2 rings (SSSR count). The van der Waals surface area contributed by atoms with E-state index in [1.54, 1.807) is 16.8 Å². The average Bonchev–Trinajstić information content (AvgIpc) is 2.47. The Morgan fingerprint density at radius 1 is 1.39 bits per heavy atom. The highest BCUT2D eigenvalue weighted by Crippen LogP contribution is 2.19. The first-order chi connectivity index (χ1) is 10.9. The molecule has 1 aliphatic heterocycles. The minimum Gasteiger partial charge on any atom is -0.393 e. The minimum absolute atomic E-state index is 0.00629. The third-order valence-electron chi connectivity index (χ3n) is 4.03. The van der Waals surface area contributed by atoms with Crippen molar-refractivity contribution >= 4 is 5.91 Å². The van der Waals surface area contributed by atoms with Crippen LogP contribution in [0.3, 0.4) is 0 Å². The van der Waals surface area contributed by atoms with Crippen molar-refractivity contribution in [3.05, 3.63) is 35.4 Å². The average molecular weight is 328 g/mol. The Balaban J connectivity index is 1.86. The van der Waals surface area contributed by atoms with Crippen LogP contribution in [0.4, 0.5) is 8.78 Å². The Morgan fingerprint density at radius 3 is 2.65 bits per heavy atom. The van der Waals surface area contributed by atoms with Gasteiger partial charge in [0.15, 0.2) is 0 Å². The molecule has 1 amide bonds. The van der Waals surface area contributed by atoms with Crippen LogP contribution in [-0.4, -0.2) is 65.3 Å². The predicted octanol–water partition coefficient (Wildman–Crippen LogP) is 0.913. The van der Waals surface area contributed by atoms with Gasteiger partial charge in [0.25, 0.3) is 0 Å². The van der Waals surface area contributed by atoms with Crippen molar-refractivity contribution in [1.29, 1.82) is 0 Å². The van der Waals surface area contributed by atoms with E-state index < -0.39 is 17.7 Å². The van der Waals surface area contributed by atoms with E-state index >= 15 is 0 Å². The van der Waals surface area contributed by atoms with Gasteiger partial charge in [-0.15, -0.1) is 0 Å². The van der Waals surface area contributed by atoms with Crippen molar-refractivity contribution in [2.24, 2.45) is 0 Å². The third-order valence-corrected chi connectivity index (χ3v) is 4.03. The number of hydrogen-bond acceptors (Lipinski definition) is 4. The number of likely N-dealkylation sites (tertiary alicyclic amines) is 1. The van der Waals surface area contributed by atoms with Gasteiger partial charge in [0.05, 0.1) is 18.8 Å². The zero-order chi connectivity index (χ0) is 17.0. The van der Waals surface area contributed by atoms with E-state index in [0.717, 1.165) is 12.1 Å². The van der Waals surface area contributed by atoms with E-state index in [1.165, 1.54) is 6.07 Å². The van der Waals surface area contributed by atoms with Crippen LogP contribution in [0.2, 0.25) is 0 Å². The van der Waals surface area contributed by atoms with E-state index in [0.29, 0.717) is 25.9 Å². The van der Waals surface area contributed by atoms with Crippen molar-refractivity contribution in [3.63, 3.8) is 0 Å². The number of rotatable bonds is 5. The van der Waals surface area contributed by atoms with Crippen molar-refractivity contribution in [2.45, 2.75) is 25.0 Å². The van der Waals surface area contributed by atoms with Crippen LogP contribution in [0.15, 0.2) is 18.2 Å². The molecule has 0 bridgehead atoms. The van der Waals surface area contributed by atoms with Crippen LogP contribution in [0.1, 0.15) is 24.5 Å². The quantitative estimate of drug-likeness (QED) is 0.843. The number of amides is 1. The Morgan fingerprint density at radius 2 is 2.04 bits per heavy atom. The molecule has 23 heavy (non-hydrogen) atoms. The maximum atomic E-state index is 13.6. The summed E-state index contributed by atoms with van der Waals surface area (Å²) in [6.07, 6.45) is -0.353. The summed E-state index contributed by atoms with van der Waals surface area (Å²) in [5, 5.41) is 19.5. The van der Waals surface area contributed by atoms with E-state index in [-0.39, 0.29) is 30.7 Å². The van der Waals surface area contributed by atoms with Crippen LogP contribution in [0.5, 0.6) is 0 Å². The number of likely N-dealkylation sites (N-methyl/N-ethyl adjacent to an activating group) is 1. The van der Waals surface area contributed by atoms with Gasteiger partial charge >= 0.3 is 0 Å². The van der Waals surface area contributed by atoms with Crippen LogP contribution in [0.25, 0.3) is 0 Å². The molecule has 1 aromatic carbocycles. The maximum absolute atomic E-state index is 13.6. The molecule has 7 heteroatoms. The molecular formula is C16H22F2N2O3. The molecule has 2 N–H and O–H groups in total. The highest BCUT2D eigenvalue weighted by atomic mass is 19.1. The molecule has 1 aromatic rings. The summed E-state index contributed by atoms with van der Waals surface area (Å²) in [6.45, 7) is 1.19. The Bertz CT molecular complexity index is 548. The zero-order valence-electron chi connectivity index (χ0n) is 13.1. The molecule has 1 fully saturated rings. The lowest BCUT2D eigenvalue weighted by atomic mass is 10.1. The first-order valence-electron chi connectivity index (χ1n) is 7.64. The van der Waals surface area contributed by atoms with Gasteiger partial charge in [0, 0.05) is 31.3 Å². The number of benzene rings is 1. The van der Waals surface area contributed by atoms with Gasteiger partial charge in [-0.05, 0) is 26.0 Å². The van der Waals surface area contributed by atoms with Gasteiger partial charge in [-0.3, -0.25) is 9.69 Å². The summed E-state index contributed by atoms with van der Waals surface area (Å²) in [6, 6.07) is 3.02. The monoisotopic (exact) mass is 328 g/mol. The third kappa shape index (κ3) is 4.95. The van der Waals surface area contributed by atoms with Crippen LogP contribution in [-0.2, 0) is 4.79 Å². The number of nitrogens with zero attached hydrogens (tertiary/aromatic N) is 2. The van der Waals surface area contributed by atoms with Crippen molar-refractivity contribution in [3.8, 4) is 0 Å². The number of carbonyl (C=O) groups is 1. The highest BCUT2D eigenvalue weighted by molar-refractivity contribution is 5.78. The number of aliphatic hydroxyl groups excluding tert-OH is 2. The summed E-state index contributed by atoms with van der Waals surface area (Å²) in [4.78, 5) is 15.4. The molecule has 1 unspecified atom stereocenters. The first kappa shape index (κ1) is 17.8. The largest absolute Gasteiger partial charge is 0.393 e. The second-order valence-electron chi connectivity index (χ2n) is 5.99. The molecule has 1 atom stereocenters. The summed E-state index contributed by atoms with van der Waals surface area (Å²) < 4.78 is 26.5. The van der Waals surface area contributed by atoms with E-state index in [1.807, 2.05) is 0 Å². The van der Waals surface area contributed by atoms with Crippen molar-refractivity contribution in [2.75, 3.05) is 33.2 Å². The van der Waals surface area contributed by atoms with E-state index in [2.05, 4.69) is 0 Å².